The van der Waals surface area contributed by atoms with Crippen molar-refractivity contribution in [3.8, 4) is 5.75 Å². The molecule has 1 N–H and O–H groups in total. The Morgan fingerprint density at radius 1 is 1.00 bits per heavy atom. The van der Waals surface area contributed by atoms with Crippen molar-refractivity contribution in [1.29, 1.82) is 0 Å². The Morgan fingerprint density at radius 2 is 1.70 bits per heavy atom. The summed E-state index contributed by atoms with van der Waals surface area (Å²) < 4.78 is 5.66. The van der Waals surface area contributed by atoms with E-state index in [1.165, 1.54) is 16.7 Å². The van der Waals surface area contributed by atoms with Gasteiger partial charge in [-0.3, -0.25) is 9.69 Å². The first-order valence-electron chi connectivity index (χ1n) is 11.6. The molecule has 1 heterocycles. The average Bonchev–Trinajstić information content (AvgIpc) is 2.85. The lowest BCUT2D eigenvalue weighted by molar-refractivity contribution is 0.0924. The fraction of sp³-hybridized carbons (Fsp3) is 0.321. The summed E-state index contributed by atoms with van der Waals surface area (Å²) in [6.07, 6.45) is 1.02. The lowest BCUT2D eigenvalue weighted by Crippen LogP contribution is -2.40. The third kappa shape index (κ3) is 5.37. The fourth-order valence-electron chi connectivity index (χ4n) is 4.46. The van der Waals surface area contributed by atoms with Crippen molar-refractivity contribution in [2.45, 2.75) is 25.9 Å². The van der Waals surface area contributed by atoms with E-state index in [1.54, 1.807) is 0 Å². The van der Waals surface area contributed by atoms with Crippen molar-refractivity contribution in [3.63, 3.8) is 0 Å². The Kier molecular flexibility index (Phi) is 7.30. The van der Waals surface area contributed by atoms with Crippen LogP contribution in [0.5, 0.6) is 5.75 Å². The summed E-state index contributed by atoms with van der Waals surface area (Å²) in [7, 11) is 4.09. The van der Waals surface area contributed by atoms with Gasteiger partial charge >= 0.3 is 0 Å². The van der Waals surface area contributed by atoms with E-state index in [-0.39, 0.29) is 11.9 Å². The van der Waals surface area contributed by atoms with Crippen LogP contribution in [-0.4, -0.2) is 44.6 Å². The van der Waals surface area contributed by atoms with Gasteiger partial charge < -0.3 is 15.0 Å². The Hall–Kier alpha value is -3.31. The number of carbonyl (C=O) groups is 1. The van der Waals surface area contributed by atoms with E-state index in [4.69, 9.17) is 4.74 Å². The molecule has 4 rings (SSSR count). The van der Waals surface area contributed by atoms with E-state index in [9.17, 15) is 4.79 Å². The number of benzene rings is 3. The summed E-state index contributed by atoms with van der Waals surface area (Å²) in [6, 6.07) is 24.8. The molecule has 0 aliphatic carbocycles. The number of fused-ring (bicyclic) bond motifs is 1. The number of rotatable bonds is 8. The predicted octanol–water partition coefficient (Wildman–Crippen LogP) is 4.68. The molecular weight excluding hydrogens is 410 g/mol. The molecule has 3 aromatic rings. The average molecular weight is 444 g/mol. The van der Waals surface area contributed by atoms with Gasteiger partial charge in [-0.05, 0) is 54.3 Å². The third-order valence-corrected chi connectivity index (χ3v) is 6.28. The first-order chi connectivity index (χ1) is 16.1. The van der Waals surface area contributed by atoms with E-state index in [0.29, 0.717) is 24.5 Å². The van der Waals surface area contributed by atoms with Crippen LogP contribution in [0, 0.1) is 0 Å². The molecule has 0 saturated heterocycles. The molecule has 0 aromatic heterocycles. The first-order valence-corrected chi connectivity index (χ1v) is 11.6. The van der Waals surface area contributed by atoms with Gasteiger partial charge in [-0.1, -0.05) is 48.5 Å². The number of hydrogen-bond donors (Lipinski definition) is 1. The molecule has 0 radical (unpaired) electrons. The minimum atomic E-state index is -0.105. The van der Waals surface area contributed by atoms with Crippen LogP contribution in [0.3, 0.4) is 0 Å². The Balaban J connectivity index is 1.56. The molecule has 0 unspecified atom stereocenters. The van der Waals surface area contributed by atoms with Crippen LogP contribution in [0.1, 0.15) is 40.0 Å². The van der Waals surface area contributed by atoms with Gasteiger partial charge in [0.2, 0.25) is 0 Å². The van der Waals surface area contributed by atoms with Crippen LogP contribution in [0.15, 0.2) is 72.8 Å². The maximum Gasteiger partial charge on any atom is 0.255 e. The number of anilines is 1. The lowest BCUT2D eigenvalue weighted by atomic mass is 9.96. The highest BCUT2D eigenvalue weighted by Gasteiger charge is 2.26. The van der Waals surface area contributed by atoms with Crippen molar-refractivity contribution >= 4 is 11.6 Å². The van der Waals surface area contributed by atoms with Crippen molar-refractivity contribution in [1.82, 2.24) is 10.2 Å². The van der Waals surface area contributed by atoms with E-state index in [0.717, 1.165) is 25.2 Å². The largest absolute Gasteiger partial charge is 0.493 e. The van der Waals surface area contributed by atoms with Crippen LogP contribution in [0.4, 0.5) is 5.69 Å². The molecule has 1 amide bonds. The van der Waals surface area contributed by atoms with Gasteiger partial charge in [0.25, 0.3) is 5.91 Å². The molecule has 0 fully saturated rings. The maximum atomic E-state index is 13.1. The normalized spacial score (nSPS) is 14.3. The van der Waals surface area contributed by atoms with Gasteiger partial charge in [0, 0.05) is 39.4 Å². The van der Waals surface area contributed by atoms with Crippen LogP contribution in [0.25, 0.3) is 0 Å². The summed E-state index contributed by atoms with van der Waals surface area (Å²) in [5.41, 5.74) is 5.73. The number of nitrogens with one attached hydrogen (secondary N) is 1. The standard InChI is InChI=1S/C28H33N3O2/c1-4-33-27-12-8-7-11-25(27)28(32)29-19-26(22-13-15-24(16-14-22)30(2)3)31-18-17-21-9-5-6-10-23(21)20-31/h5-16,26H,4,17-20H2,1-3H3,(H,29,32)/t26-/m0/s1. The molecule has 0 bridgehead atoms. The molecule has 1 atom stereocenters. The SMILES string of the molecule is CCOc1ccccc1C(=O)NC[C@@H](c1ccc(N(C)C)cc1)N1CCc2ccccc2C1. The van der Waals surface area contributed by atoms with Gasteiger partial charge in [0.1, 0.15) is 5.75 Å². The van der Waals surface area contributed by atoms with E-state index < -0.39 is 0 Å². The number of para-hydroxylation sites is 1. The van der Waals surface area contributed by atoms with Crippen molar-refractivity contribution < 1.29 is 9.53 Å². The smallest absolute Gasteiger partial charge is 0.255 e. The second-order valence-electron chi connectivity index (χ2n) is 8.63. The number of carbonyl (C=O) groups excluding carboxylic acids is 1. The number of hydrogen-bond acceptors (Lipinski definition) is 4. The maximum absolute atomic E-state index is 13.1. The lowest BCUT2D eigenvalue weighted by Gasteiger charge is -2.36. The summed E-state index contributed by atoms with van der Waals surface area (Å²) in [5.74, 6) is 0.516. The highest BCUT2D eigenvalue weighted by molar-refractivity contribution is 5.96. The first kappa shape index (κ1) is 22.9. The summed E-state index contributed by atoms with van der Waals surface area (Å²) in [6.45, 7) is 4.82. The van der Waals surface area contributed by atoms with Gasteiger partial charge in [0.05, 0.1) is 18.2 Å². The molecule has 33 heavy (non-hydrogen) atoms. The van der Waals surface area contributed by atoms with E-state index in [2.05, 4.69) is 63.6 Å². The zero-order valence-corrected chi connectivity index (χ0v) is 19.8. The quantitative estimate of drug-likeness (QED) is 0.549. The minimum absolute atomic E-state index is 0.0813. The van der Waals surface area contributed by atoms with E-state index >= 15 is 0 Å². The van der Waals surface area contributed by atoms with Crippen molar-refractivity contribution in [3.05, 3.63) is 95.1 Å². The van der Waals surface area contributed by atoms with Crippen LogP contribution in [0.2, 0.25) is 0 Å². The van der Waals surface area contributed by atoms with Gasteiger partial charge in [-0.2, -0.15) is 0 Å². The zero-order valence-electron chi connectivity index (χ0n) is 19.8. The highest BCUT2D eigenvalue weighted by Crippen LogP contribution is 2.29. The van der Waals surface area contributed by atoms with Crippen LogP contribution >= 0.6 is 0 Å². The molecular formula is C28H33N3O2. The summed E-state index contributed by atoms with van der Waals surface area (Å²) >= 11 is 0. The van der Waals surface area contributed by atoms with Crippen molar-refractivity contribution in [2.75, 3.05) is 38.7 Å². The molecule has 5 nitrogen and oxygen atoms in total. The van der Waals surface area contributed by atoms with Gasteiger partial charge in [-0.25, -0.2) is 0 Å². The summed E-state index contributed by atoms with van der Waals surface area (Å²) in [4.78, 5) is 17.7. The molecule has 0 spiro atoms. The van der Waals surface area contributed by atoms with Gasteiger partial charge in [0.15, 0.2) is 0 Å². The molecule has 1 aliphatic rings. The Bertz CT molecular complexity index is 1080. The minimum Gasteiger partial charge on any atom is -0.493 e. The number of amides is 1. The Morgan fingerprint density at radius 3 is 2.42 bits per heavy atom. The molecule has 1 aliphatic heterocycles. The number of ether oxygens (including phenoxy) is 1. The topological polar surface area (TPSA) is 44.8 Å². The Labute approximate surface area is 197 Å². The second kappa shape index (κ2) is 10.5. The highest BCUT2D eigenvalue weighted by atomic mass is 16.5. The van der Waals surface area contributed by atoms with E-state index in [1.807, 2.05) is 45.3 Å². The zero-order chi connectivity index (χ0) is 23.2. The predicted molar refractivity (Wildman–Crippen MR) is 134 cm³/mol. The van der Waals surface area contributed by atoms with Crippen molar-refractivity contribution in [2.24, 2.45) is 0 Å². The number of nitrogens with zero attached hydrogens (tertiary/aromatic N) is 2. The van der Waals surface area contributed by atoms with Crippen LogP contribution in [-0.2, 0) is 13.0 Å². The monoisotopic (exact) mass is 443 g/mol. The molecule has 3 aromatic carbocycles. The second-order valence-corrected chi connectivity index (χ2v) is 8.63. The molecule has 5 heteroatoms. The third-order valence-electron chi connectivity index (χ3n) is 6.28. The molecule has 172 valence electrons. The summed E-state index contributed by atoms with van der Waals surface area (Å²) in [5, 5.41) is 3.18. The fourth-order valence-corrected chi connectivity index (χ4v) is 4.46. The molecule has 0 saturated carbocycles. The van der Waals surface area contributed by atoms with Gasteiger partial charge in [-0.15, -0.1) is 0 Å². The van der Waals surface area contributed by atoms with Crippen LogP contribution < -0.4 is 15.0 Å².